The number of nitrogens with one attached hydrogen (secondary N) is 2. The Labute approximate surface area is 163 Å². The van der Waals surface area contributed by atoms with E-state index in [-0.39, 0.29) is 6.03 Å². The maximum atomic E-state index is 12.0. The Balaban J connectivity index is 1.46. The van der Waals surface area contributed by atoms with Crippen LogP contribution in [0.2, 0.25) is 5.02 Å². The number of benzene rings is 2. The molecule has 27 heavy (non-hydrogen) atoms. The van der Waals surface area contributed by atoms with E-state index in [9.17, 15) is 4.79 Å². The molecule has 2 aromatic carbocycles. The third-order valence-corrected chi connectivity index (χ3v) is 4.24. The van der Waals surface area contributed by atoms with Crippen LogP contribution in [0.4, 0.5) is 4.79 Å². The number of hydrogen-bond acceptors (Lipinski definition) is 4. The Morgan fingerprint density at radius 2 is 1.78 bits per heavy atom. The summed E-state index contributed by atoms with van der Waals surface area (Å²) in [4.78, 5) is 12.0. The molecule has 0 unspecified atom stereocenters. The van der Waals surface area contributed by atoms with Crippen LogP contribution in [0, 0.1) is 0 Å². The lowest BCUT2D eigenvalue weighted by Crippen LogP contribution is -2.34. The van der Waals surface area contributed by atoms with Crippen molar-refractivity contribution in [2.24, 2.45) is 0 Å². The van der Waals surface area contributed by atoms with Crippen LogP contribution in [-0.4, -0.2) is 25.9 Å². The van der Waals surface area contributed by atoms with Crippen molar-refractivity contribution in [2.45, 2.75) is 26.4 Å². The Morgan fingerprint density at radius 1 is 1.07 bits per heavy atom. The SMILES string of the molecule is CCCOc1ccc(CNC(=O)NCc2cc(Cl)c3c(c2)OCCO3)cc1. The highest BCUT2D eigenvalue weighted by Gasteiger charge is 2.16. The van der Waals surface area contributed by atoms with Gasteiger partial charge < -0.3 is 24.8 Å². The molecule has 0 radical (unpaired) electrons. The first-order valence-corrected chi connectivity index (χ1v) is 9.35. The summed E-state index contributed by atoms with van der Waals surface area (Å²) in [6.07, 6.45) is 0.970. The molecule has 1 heterocycles. The topological polar surface area (TPSA) is 68.8 Å². The van der Waals surface area contributed by atoms with E-state index in [1.54, 1.807) is 6.07 Å². The standard InChI is InChI=1S/C20H23ClN2O4/c1-2-7-25-16-5-3-14(4-6-16)12-22-20(24)23-13-15-10-17(21)19-18(11-15)26-8-9-27-19/h3-6,10-11H,2,7-9,12-13H2,1H3,(H2,22,23,24). The van der Waals surface area contributed by atoms with E-state index in [2.05, 4.69) is 17.6 Å². The second kappa shape index (κ2) is 9.37. The van der Waals surface area contributed by atoms with E-state index in [4.69, 9.17) is 25.8 Å². The molecular weight excluding hydrogens is 368 g/mol. The van der Waals surface area contributed by atoms with Crippen LogP contribution in [-0.2, 0) is 13.1 Å². The first-order valence-electron chi connectivity index (χ1n) is 8.97. The normalized spacial score (nSPS) is 12.4. The Bertz CT molecular complexity index is 780. The van der Waals surface area contributed by atoms with Crippen LogP contribution in [0.5, 0.6) is 17.2 Å². The third-order valence-electron chi connectivity index (χ3n) is 3.96. The zero-order chi connectivity index (χ0) is 19.1. The van der Waals surface area contributed by atoms with Crippen LogP contribution < -0.4 is 24.8 Å². The van der Waals surface area contributed by atoms with Crippen molar-refractivity contribution in [2.75, 3.05) is 19.8 Å². The molecule has 0 spiro atoms. The van der Waals surface area contributed by atoms with Crippen molar-refractivity contribution in [1.82, 2.24) is 10.6 Å². The fourth-order valence-electron chi connectivity index (χ4n) is 2.62. The quantitative estimate of drug-likeness (QED) is 0.752. The zero-order valence-corrected chi connectivity index (χ0v) is 16.0. The molecule has 7 heteroatoms. The third kappa shape index (κ3) is 5.44. The number of halogens is 1. The summed E-state index contributed by atoms with van der Waals surface area (Å²) >= 11 is 6.20. The monoisotopic (exact) mass is 390 g/mol. The number of urea groups is 1. The van der Waals surface area contributed by atoms with Crippen LogP contribution in [0.3, 0.4) is 0 Å². The summed E-state index contributed by atoms with van der Waals surface area (Å²) in [5, 5.41) is 6.12. The molecule has 1 aliphatic rings. The highest BCUT2D eigenvalue weighted by Crippen LogP contribution is 2.38. The summed E-state index contributed by atoms with van der Waals surface area (Å²) in [7, 11) is 0. The Kier molecular flexibility index (Phi) is 6.65. The summed E-state index contributed by atoms with van der Waals surface area (Å²) < 4.78 is 16.6. The Morgan fingerprint density at radius 3 is 2.52 bits per heavy atom. The van der Waals surface area contributed by atoms with E-state index in [0.29, 0.717) is 49.4 Å². The highest BCUT2D eigenvalue weighted by atomic mass is 35.5. The van der Waals surface area contributed by atoms with Crippen LogP contribution in [0.15, 0.2) is 36.4 Å². The fourth-order valence-corrected chi connectivity index (χ4v) is 2.90. The highest BCUT2D eigenvalue weighted by molar-refractivity contribution is 6.32. The lowest BCUT2D eigenvalue weighted by atomic mass is 10.2. The van der Waals surface area contributed by atoms with E-state index < -0.39 is 0 Å². The second-order valence-electron chi connectivity index (χ2n) is 6.13. The Hall–Kier alpha value is -2.60. The van der Waals surface area contributed by atoms with E-state index in [1.165, 1.54) is 0 Å². The molecule has 6 nitrogen and oxygen atoms in total. The van der Waals surface area contributed by atoms with Gasteiger partial charge in [-0.05, 0) is 41.8 Å². The predicted molar refractivity (Wildman–Crippen MR) is 104 cm³/mol. The van der Waals surface area contributed by atoms with Gasteiger partial charge in [0.25, 0.3) is 0 Å². The van der Waals surface area contributed by atoms with Crippen molar-refractivity contribution in [1.29, 1.82) is 0 Å². The summed E-state index contributed by atoms with van der Waals surface area (Å²) in [6.45, 7) is 4.51. The van der Waals surface area contributed by atoms with Gasteiger partial charge in [0.2, 0.25) is 0 Å². The minimum atomic E-state index is -0.257. The van der Waals surface area contributed by atoms with Crippen molar-refractivity contribution < 1.29 is 19.0 Å². The first kappa shape index (κ1) is 19.2. The number of fused-ring (bicyclic) bond motifs is 1. The van der Waals surface area contributed by atoms with E-state index in [0.717, 1.165) is 23.3 Å². The lowest BCUT2D eigenvalue weighted by molar-refractivity contribution is 0.171. The minimum absolute atomic E-state index is 0.257. The lowest BCUT2D eigenvalue weighted by Gasteiger charge is -2.20. The molecule has 0 atom stereocenters. The molecule has 2 N–H and O–H groups in total. The van der Waals surface area contributed by atoms with Gasteiger partial charge in [0, 0.05) is 13.1 Å². The molecule has 0 bridgehead atoms. The average molecular weight is 391 g/mol. The number of carbonyl (C=O) groups excluding carboxylic acids is 1. The van der Waals surface area contributed by atoms with Gasteiger partial charge in [-0.2, -0.15) is 0 Å². The van der Waals surface area contributed by atoms with Gasteiger partial charge in [0.1, 0.15) is 19.0 Å². The molecular formula is C20H23ClN2O4. The molecule has 2 aromatic rings. The number of ether oxygens (including phenoxy) is 3. The smallest absolute Gasteiger partial charge is 0.315 e. The number of amides is 2. The van der Waals surface area contributed by atoms with Gasteiger partial charge in [-0.15, -0.1) is 0 Å². The van der Waals surface area contributed by atoms with E-state index >= 15 is 0 Å². The van der Waals surface area contributed by atoms with Crippen LogP contribution in [0.1, 0.15) is 24.5 Å². The molecule has 0 fully saturated rings. The minimum Gasteiger partial charge on any atom is -0.494 e. The molecule has 0 aliphatic carbocycles. The van der Waals surface area contributed by atoms with Crippen LogP contribution >= 0.6 is 11.6 Å². The fraction of sp³-hybridized carbons (Fsp3) is 0.350. The van der Waals surface area contributed by atoms with Crippen molar-refractivity contribution in [3.63, 3.8) is 0 Å². The molecule has 0 aromatic heterocycles. The molecule has 144 valence electrons. The molecule has 2 amide bonds. The van der Waals surface area contributed by atoms with Crippen molar-refractivity contribution in [3.05, 3.63) is 52.5 Å². The molecule has 1 aliphatic heterocycles. The second-order valence-corrected chi connectivity index (χ2v) is 6.54. The molecule has 3 rings (SSSR count). The zero-order valence-electron chi connectivity index (χ0n) is 15.2. The van der Waals surface area contributed by atoms with Gasteiger partial charge in [-0.25, -0.2) is 4.79 Å². The van der Waals surface area contributed by atoms with Gasteiger partial charge in [0.05, 0.1) is 11.6 Å². The van der Waals surface area contributed by atoms with E-state index in [1.807, 2.05) is 30.3 Å². The first-order chi connectivity index (χ1) is 13.2. The van der Waals surface area contributed by atoms with Gasteiger partial charge in [0.15, 0.2) is 11.5 Å². The summed E-state index contributed by atoms with van der Waals surface area (Å²) in [5.74, 6) is 2.00. The largest absolute Gasteiger partial charge is 0.494 e. The maximum absolute atomic E-state index is 12.0. The molecule has 0 saturated heterocycles. The average Bonchev–Trinajstić information content (AvgIpc) is 2.70. The number of hydrogen-bond donors (Lipinski definition) is 2. The van der Waals surface area contributed by atoms with Gasteiger partial charge in [-0.3, -0.25) is 0 Å². The van der Waals surface area contributed by atoms with Gasteiger partial charge in [-0.1, -0.05) is 30.7 Å². The summed E-state index contributed by atoms with van der Waals surface area (Å²) in [6, 6.07) is 11.0. The number of rotatable bonds is 7. The van der Waals surface area contributed by atoms with Crippen molar-refractivity contribution >= 4 is 17.6 Å². The van der Waals surface area contributed by atoms with Crippen LogP contribution in [0.25, 0.3) is 0 Å². The summed E-state index contributed by atoms with van der Waals surface area (Å²) in [5.41, 5.74) is 1.84. The maximum Gasteiger partial charge on any atom is 0.315 e. The molecule has 0 saturated carbocycles. The predicted octanol–water partition coefficient (Wildman–Crippen LogP) is 3.90. The van der Waals surface area contributed by atoms with Gasteiger partial charge >= 0.3 is 6.03 Å². The van der Waals surface area contributed by atoms with Crippen molar-refractivity contribution in [3.8, 4) is 17.2 Å². The number of carbonyl (C=O) groups is 1.